The number of hydrogen-bond acceptors (Lipinski definition) is 5. The highest BCUT2D eigenvalue weighted by Crippen LogP contribution is 2.23. The van der Waals surface area contributed by atoms with Gasteiger partial charge in [0.15, 0.2) is 6.61 Å². The topological polar surface area (TPSA) is 61.8 Å². The minimum Gasteiger partial charge on any atom is -0.482 e. The number of aryl methyl sites for hydroxylation is 1. The van der Waals surface area contributed by atoms with Crippen LogP contribution in [-0.4, -0.2) is 25.2 Å². The van der Waals surface area contributed by atoms with Crippen molar-refractivity contribution in [1.29, 1.82) is 0 Å². The minimum atomic E-state index is -0.609. The van der Waals surface area contributed by atoms with Gasteiger partial charge in [0.25, 0.3) is 0 Å². The normalized spacial score (nSPS) is 10.3. The van der Waals surface area contributed by atoms with E-state index in [4.69, 9.17) is 14.2 Å². The van der Waals surface area contributed by atoms with E-state index < -0.39 is 11.9 Å². The van der Waals surface area contributed by atoms with E-state index in [0.717, 1.165) is 15.6 Å². The summed E-state index contributed by atoms with van der Waals surface area (Å²) in [5.74, 6) is -0.423. The Hall–Kier alpha value is -3.12. The van der Waals surface area contributed by atoms with Crippen LogP contribution in [0.3, 0.4) is 0 Å². The van der Waals surface area contributed by atoms with Crippen LogP contribution < -0.4 is 9.47 Å². The molecule has 6 heteroatoms. The SMILES string of the molecule is Cc1cc(Br)ccc1OCC(=O)Oc1ccccc1C(=O)OCCc1ccccc1. The van der Waals surface area contributed by atoms with Crippen LogP contribution in [0.15, 0.2) is 77.3 Å². The number of carbonyl (C=O) groups excluding carboxylic acids is 2. The first-order valence-corrected chi connectivity index (χ1v) is 10.2. The Kier molecular flexibility index (Phi) is 7.63. The molecule has 154 valence electrons. The van der Waals surface area contributed by atoms with Crippen LogP contribution in [0.5, 0.6) is 11.5 Å². The zero-order valence-corrected chi connectivity index (χ0v) is 18.1. The molecule has 3 aromatic carbocycles. The molecule has 0 amide bonds. The van der Waals surface area contributed by atoms with E-state index in [9.17, 15) is 9.59 Å². The maximum Gasteiger partial charge on any atom is 0.349 e. The van der Waals surface area contributed by atoms with Gasteiger partial charge in [-0.25, -0.2) is 9.59 Å². The van der Waals surface area contributed by atoms with Gasteiger partial charge < -0.3 is 14.2 Å². The highest BCUT2D eigenvalue weighted by atomic mass is 79.9. The average molecular weight is 469 g/mol. The Bertz CT molecular complexity index is 1020. The van der Waals surface area contributed by atoms with Gasteiger partial charge in [-0.3, -0.25) is 0 Å². The van der Waals surface area contributed by atoms with Crippen molar-refractivity contribution in [2.45, 2.75) is 13.3 Å². The molecule has 0 saturated carbocycles. The first-order chi connectivity index (χ1) is 14.5. The van der Waals surface area contributed by atoms with Crippen molar-refractivity contribution < 1.29 is 23.8 Å². The Morgan fingerprint density at radius 3 is 2.40 bits per heavy atom. The molecule has 30 heavy (non-hydrogen) atoms. The number of halogens is 1. The molecule has 5 nitrogen and oxygen atoms in total. The largest absolute Gasteiger partial charge is 0.482 e. The van der Waals surface area contributed by atoms with Crippen molar-refractivity contribution >= 4 is 27.9 Å². The summed E-state index contributed by atoms with van der Waals surface area (Å²) in [6.45, 7) is 1.84. The molecule has 0 spiro atoms. The average Bonchev–Trinajstić information content (AvgIpc) is 2.74. The van der Waals surface area contributed by atoms with Crippen molar-refractivity contribution in [3.05, 3.63) is 94.0 Å². The molecule has 0 N–H and O–H groups in total. The molecule has 0 saturated heterocycles. The van der Waals surface area contributed by atoms with E-state index >= 15 is 0 Å². The third-order valence-corrected chi connectivity index (χ3v) is 4.77. The highest BCUT2D eigenvalue weighted by molar-refractivity contribution is 9.10. The van der Waals surface area contributed by atoms with Gasteiger partial charge in [0.1, 0.15) is 17.1 Å². The van der Waals surface area contributed by atoms with Crippen LogP contribution in [0.25, 0.3) is 0 Å². The van der Waals surface area contributed by atoms with E-state index in [0.29, 0.717) is 12.2 Å². The molecule has 3 aromatic rings. The third-order valence-electron chi connectivity index (χ3n) is 4.28. The molecule has 0 radical (unpaired) electrons. The first-order valence-electron chi connectivity index (χ1n) is 9.42. The standard InChI is InChI=1S/C24H21BrO5/c1-17-15-19(25)11-12-21(17)29-16-23(26)30-22-10-6-5-9-20(22)24(27)28-14-13-18-7-3-2-4-8-18/h2-12,15H,13-14,16H2,1H3. The smallest absolute Gasteiger partial charge is 0.349 e. The highest BCUT2D eigenvalue weighted by Gasteiger charge is 2.17. The molecule has 0 aliphatic rings. The number of hydrogen-bond donors (Lipinski definition) is 0. The van der Waals surface area contributed by atoms with Crippen LogP contribution in [-0.2, 0) is 16.0 Å². The maximum atomic E-state index is 12.4. The van der Waals surface area contributed by atoms with Crippen LogP contribution in [0.1, 0.15) is 21.5 Å². The Labute approximate surface area is 183 Å². The van der Waals surface area contributed by atoms with Crippen molar-refractivity contribution in [1.82, 2.24) is 0 Å². The van der Waals surface area contributed by atoms with Crippen molar-refractivity contribution in [3.8, 4) is 11.5 Å². The molecule has 0 atom stereocenters. The lowest BCUT2D eigenvalue weighted by Gasteiger charge is -2.12. The number of benzene rings is 3. The fraction of sp³-hybridized carbons (Fsp3) is 0.167. The van der Waals surface area contributed by atoms with Gasteiger partial charge in [-0.05, 0) is 48.4 Å². The first kappa shape index (κ1) is 21.6. The fourth-order valence-electron chi connectivity index (χ4n) is 2.77. The number of para-hydroxylation sites is 1. The van der Waals surface area contributed by atoms with Gasteiger partial charge >= 0.3 is 11.9 Å². The molecule has 0 aromatic heterocycles. The molecule has 0 bridgehead atoms. The molecule has 0 aliphatic heterocycles. The summed E-state index contributed by atoms with van der Waals surface area (Å²) < 4.78 is 17.1. The summed E-state index contributed by atoms with van der Waals surface area (Å²) in [4.78, 5) is 24.7. The lowest BCUT2D eigenvalue weighted by atomic mass is 10.2. The summed E-state index contributed by atoms with van der Waals surface area (Å²) in [6, 6.07) is 21.7. The second-order valence-electron chi connectivity index (χ2n) is 6.54. The molecule has 0 heterocycles. The predicted molar refractivity (Wildman–Crippen MR) is 117 cm³/mol. The van der Waals surface area contributed by atoms with E-state index in [2.05, 4.69) is 15.9 Å². The van der Waals surface area contributed by atoms with Crippen LogP contribution in [0.4, 0.5) is 0 Å². The molecule has 0 fully saturated rings. The minimum absolute atomic E-state index is 0.142. The monoisotopic (exact) mass is 468 g/mol. The molecule has 3 rings (SSSR count). The van der Waals surface area contributed by atoms with Gasteiger partial charge in [-0.15, -0.1) is 0 Å². The quantitative estimate of drug-likeness (QED) is 0.338. The van der Waals surface area contributed by atoms with E-state index in [1.807, 2.05) is 49.4 Å². The summed E-state index contributed by atoms with van der Waals surface area (Å²) in [5.41, 5.74) is 2.16. The van der Waals surface area contributed by atoms with E-state index in [-0.39, 0.29) is 24.5 Å². The maximum absolute atomic E-state index is 12.4. The molecule has 0 aliphatic carbocycles. The van der Waals surface area contributed by atoms with E-state index in [1.54, 1.807) is 30.3 Å². The van der Waals surface area contributed by atoms with Gasteiger partial charge in [-0.2, -0.15) is 0 Å². The van der Waals surface area contributed by atoms with Crippen molar-refractivity contribution in [2.75, 3.05) is 13.2 Å². The molecular formula is C24H21BrO5. The van der Waals surface area contributed by atoms with Gasteiger partial charge in [0.05, 0.1) is 6.61 Å². The zero-order chi connectivity index (χ0) is 21.3. The number of rotatable bonds is 8. The second-order valence-corrected chi connectivity index (χ2v) is 7.46. The fourth-order valence-corrected chi connectivity index (χ4v) is 3.25. The third kappa shape index (κ3) is 6.19. The Balaban J connectivity index is 1.56. The Morgan fingerprint density at radius 2 is 1.63 bits per heavy atom. The summed E-state index contributed by atoms with van der Waals surface area (Å²) >= 11 is 3.38. The number of esters is 2. The van der Waals surface area contributed by atoms with Crippen LogP contribution in [0.2, 0.25) is 0 Å². The molecule has 0 unspecified atom stereocenters. The second kappa shape index (κ2) is 10.6. The van der Waals surface area contributed by atoms with E-state index in [1.165, 1.54) is 0 Å². The van der Waals surface area contributed by atoms with Crippen molar-refractivity contribution in [3.63, 3.8) is 0 Å². The lowest BCUT2D eigenvalue weighted by Crippen LogP contribution is -2.19. The summed E-state index contributed by atoms with van der Waals surface area (Å²) in [6.07, 6.45) is 0.606. The van der Waals surface area contributed by atoms with Gasteiger partial charge in [-0.1, -0.05) is 58.4 Å². The zero-order valence-electron chi connectivity index (χ0n) is 16.5. The van der Waals surface area contributed by atoms with Gasteiger partial charge in [0.2, 0.25) is 0 Å². The van der Waals surface area contributed by atoms with Crippen LogP contribution in [0, 0.1) is 6.92 Å². The summed E-state index contributed by atoms with van der Waals surface area (Å²) in [5, 5.41) is 0. The summed E-state index contributed by atoms with van der Waals surface area (Å²) in [7, 11) is 0. The van der Waals surface area contributed by atoms with Crippen molar-refractivity contribution in [2.24, 2.45) is 0 Å². The number of ether oxygens (including phenoxy) is 3. The molecular weight excluding hydrogens is 448 g/mol. The Morgan fingerprint density at radius 1 is 0.900 bits per heavy atom. The predicted octanol–water partition coefficient (Wildman–Crippen LogP) is 5.14. The van der Waals surface area contributed by atoms with Crippen LogP contribution >= 0.6 is 15.9 Å². The van der Waals surface area contributed by atoms with Gasteiger partial charge in [0, 0.05) is 10.9 Å². The number of carbonyl (C=O) groups is 2. The lowest BCUT2D eigenvalue weighted by molar-refractivity contribution is -0.136.